The van der Waals surface area contributed by atoms with E-state index in [0.717, 1.165) is 0 Å². The van der Waals surface area contributed by atoms with Gasteiger partial charge in [0.15, 0.2) is 10.1 Å². The second-order valence-electron chi connectivity index (χ2n) is 2.13. The number of nitrogens with one attached hydrogen (secondary N) is 2. The molecule has 1 heterocycles. The maximum Gasteiger partial charge on any atom is 0.517 e. The average molecular weight is 234 g/mol. The number of rotatable bonds is 5. The van der Waals surface area contributed by atoms with E-state index in [-0.39, 0.29) is 4.79 Å². The van der Waals surface area contributed by atoms with Crippen molar-refractivity contribution in [2.75, 3.05) is 11.0 Å². The highest BCUT2D eigenvalue weighted by molar-refractivity contribution is 5.25. The predicted octanol–water partition coefficient (Wildman–Crippen LogP) is -1.47. The third-order valence-electron chi connectivity index (χ3n) is 1.13. The predicted molar refractivity (Wildman–Crippen MR) is 43.6 cm³/mol. The topological polar surface area (TPSA) is 184 Å². The van der Waals surface area contributed by atoms with E-state index in [2.05, 4.69) is 10.1 Å². The first-order valence-corrected chi connectivity index (χ1v) is 3.33. The highest BCUT2D eigenvalue weighted by Gasteiger charge is 2.31. The van der Waals surface area contributed by atoms with E-state index in [1.165, 1.54) is 11.0 Å². The number of hydrazine groups is 2. The Morgan fingerprint density at radius 1 is 1.12 bits per heavy atom. The molecule has 0 radical (unpaired) electrons. The number of hydrogen-bond acceptors (Lipinski definition) is 8. The molecule has 1 aromatic heterocycles. The molecule has 0 atom stereocenters. The third-order valence-corrected chi connectivity index (χ3v) is 1.13. The van der Waals surface area contributed by atoms with Crippen molar-refractivity contribution in [1.29, 1.82) is 0 Å². The van der Waals surface area contributed by atoms with Gasteiger partial charge in [0.1, 0.15) is 0 Å². The molecule has 0 amide bonds. The van der Waals surface area contributed by atoms with Crippen LogP contribution in [0.3, 0.4) is 0 Å². The van der Waals surface area contributed by atoms with Gasteiger partial charge in [0.25, 0.3) is 0 Å². The van der Waals surface area contributed by atoms with E-state index in [1.807, 2.05) is 0 Å². The molecule has 0 aliphatic heterocycles. The largest absolute Gasteiger partial charge is 0.517 e. The molecule has 0 saturated carbocycles. The normalized spacial score (nSPS) is 9.50. The van der Waals surface area contributed by atoms with E-state index >= 15 is 0 Å². The monoisotopic (exact) mass is 234 g/mol. The van der Waals surface area contributed by atoms with Crippen LogP contribution >= 0.6 is 0 Å². The van der Waals surface area contributed by atoms with Crippen LogP contribution in [0.1, 0.15) is 0 Å². The van der Waals surface area contributed by atoms with E-state index in [1.54, 1.807) is 0 Å². The van der Waals surface area contributed by atoms with Crippen LogP contribution in [0, 0.1) is 30.3 Å². The van der Waals surface area contributed by atoms with E-state index in [4.69, 9.17) is 0 Å². The molecule has 16 heavy (non-hydrogen) atoms. The first kappa shape index (κ1) is 11.0. The minimum Gasteiger partial charge on any atom is -0.390 e. The highest BCUT2D eigenvalue weighted by atomic mass is 16.7. The van der Waals surface area contributed by atoms with Crippen molar-refractivity contribution >= 4 is 11.9 Å². The second-order valence-corrected chi connectivity index (χ2v) is 2.13. The van der Waals surface area contributed by atoms with E-state index in [0.29, 0.717) is 0 Å². The van der Waals surface area contributed by atoms with Gasteiger partial charge in [0.2, 0.25) is 0 Å². The molecule has 0 bridgehead atoms. The number of nitrogens with zero attached hydrogens (tertiary/aromatic N) is 6. The molecule has 0 unspecified atom stereocenters. The minimum atomic E-state index is -1.12. The number of aromatic nitrogens is 3. The fourth-order valence-electron chi connectivity index (χ4n) is 0.680. The van der Waals surface area contributed by atoms with Crippen molar-refractivity contribution < 1.29 is 15.0 Å². The standard InChI is InChI=1S/C2H2N8O6/c11-8(12)2-3-1(5-9(13)14)7(4-2)6-10(15)16/h6H,(H,3,4,5). The molecule has 14 heteroatoms. The smallest absolute Gasteiger partial charge is 0.390 e. The highest BCUT2D eigenvalue weighted by Crippen LogP contribution is 2.08. The van der Waals surface area contributed by atoms with Crippen LogP contribution in [0.2, 0.25) is 0 Å². The van der Waals surface area contributed by atoms with Crippen molar-refractivity contribution in [2.24, 2.45) is 0 Å². The quantitative estimate of drug-likeness (QED) is 0.449. The Hall–Kier alpha value is -3.06. The summed E-state index contributed by atoms with van der Waals surface area (Å²) in [5.41, 5.74) is 2.74. The summed E-state index contributed by atoms with van der Waals surface area (Å²) in [6.45, 7) is 0. The summed E-state index contributed by atoms with van der Waals surface area (Å²) >= 11 is 0. The van der Waals surface area contributed by atoms with Gasteiger partial charge in [-0.3, -0.25) is 0 Å². The molecule has 1 rings (SSSR count). The Bertz CT molecular complexity index is 416. The molecule has 1 aromatic rings. The molecule has 0 fully saturated rings. The van der Waals surface area contributed by atoms with Crippen molar-refractivity contribution in [2.45, 2.75) is 0 Å². The van der Waals surface area contributed by atoms with Gasteiger partial charge in [0, 0.05) is 4.98 Å². The molecule has 14 nitrogen and oxygen atoms in total. The van der Waals surface area contributed by atoms with Crippen LogP contribution in [-0.4, -0.2) is 29.9 Å². The van der Waals surface area contributed by atoms with Crippen LogP contribution in [0.25, 0.3) is 0 Å². The molecule has 0 spiro atoms. The zero-order valence-electron chi connectivity index (χ0n) is 7.13. The molecular weight excluding hydrogens is 232 g/mol. The van der Waals surface area contributed by atoms with Crippen molar-refractivity contribution in [3.8, 4) is 0 Å². The Morgan fingerprint density at radius 3 is 2.19 bits per heavy atom. The lowest BCUT2D eigenvalue weighted by atomic mass is 11.0. The first-order chi connectivity index (χ1) is 7.40. The SMILES string of the molecule is O=[N+]([O-])Nc1nc([N+](=O)[O-])nn1N[N+](=O)[O-]. The van der Waals surface area contributed by atoms with Gasteiger partial charge < -0.3 is 20.2 Å². The summed E-state index contributed by atoms with van der Waals surface area (Å²) < 4.78 is 0. The van der Waals surface area contributed by atoms with Crippen molar-refractivity contribution in [3.63, 3.8) is 0 Å². The van der Waals surface area contributed by atoms with Crippen molar-refractivity contribution in [1.82, 2.24) is 14.9 Å². The number of hydrogen-bond donors (Lipinski definition) is 2. The van der Waals surface area contributed by atoms with Gasteiger partial charge in [-0.05, 0) is 15.9 Å². The summed E-state index contributed by atoms with van der Waals surface area (Å²) in [6, 6.07) is 0. The lowest BCUT2D eigenvalue weighted by Gasteiger charge is -1.92. The zero-order chi connectivity index (χ0) is 12.3. The summed E-state index contributed by atoms with van der Waals surface area (Å²) in [7, 11) is 0. The molecule has 0 aromatic carbocycles. The van der Waals surface area contributed by atoms with Crippen LogP contribution < -0.4 is 11.0 Å². The van der Waals surface area contributed by atoms with E-state index < -0.39 is 26.9 Å². The molecule has 0 saturated heterocycles. The Balaban J connectivity index is 3.06. The van der Waals surface area contributed by atoms with Gasteiger partial charge in [-0.2, -0.15) is 0 Å². The third kappa shape index (κ3) is 2.47. The summed E-state index contributed by atoms with van der Waals surface area (Å²) in [5, 5.41) is 31.0. The molecule has 86 valence electrons. The lowest BCUT2D eigenvalue weighted by Crippen LogP contribution is -2.25. The van der Waals surface area contributed by atoms with Crippen LogP contribution in [0.5, 0.6) is 0 Å². The molecule has 0 aliphatic carbocycles. The van der Waals surface area contributed by atoms with Gasteiger partial charge in [-0.1, -0.05) is 0 Å². The Labute approximate surface area is 84.2 Å². The summed E-state index contributed by atoms with van der Waals surface area (Å²) in [4.78, 5) is 32.4. The first-order valence-electron chi connectivity index (χ1n) is 3.33. The molecule has 0 aliphatic rings. The van der Waals surface area contributed by atoms with Gasteiger partial charge in [-0.25, -0.2) is 10.1 Å². The van der Waals surface area contributed by atoms with Gasteiger partial charge in [-0.15, -0.1) is 0 Å². The number of nitro groups is 3. The average Bonchev–Trinajstić information content (AvgIpc) is 2.46. The van der Waals surface area contributed by atoms with Gasteiger partial charge >= 0.3 is 11.9 Å². The summed E-state index contributed by atoms with van der Waals surface area (Å²) in [5.74, 6) is -1.83. The maximum absolute atomic E-state index is 10.2. The van der Waals surface area contributed by atoms with Crippen molar-refractivity contribution in [3.05, 3.63) is 30.3 Å². The van der Waals surface area contributed by atoms with Crippen LogP contribution in [0.4, 0.5) is 11.9 Å². The molecule has 2 N–H and O–H groups in total. The fourth-order valence-corrected chi connectivity index (χ4v) is 0.680. The Kier molecular flexibility index (Phi) is 2.74. The number of anilines is 1. The van der Waals surface area contributed by atoms with Crippen LogP contribution in [0.15, 0.2) is 0 Å². The lowest BCUT2D eigenvalue weighted by molar-refractivity contribution is -0.465. The maximum atomic E-state index is 10.2. The summed E-state index contributed by atoms with van der Waals surface area (Å²) in [6.07, 6.45) is 0. The molecular formula is C2H2N8O6. The van der Waals surface area contributed by atoms with E-state index in [9.17, 15) is 30.3 Å². The van der Waals surface area contributed by atoms with Gasteiger partial charge in [0.05, 0.1) is 9.82 Å². The van der Waals surface area contributed by atoms with Crippen LogP contribution in [-0.2, 0) is 0 Å². The second kappa shape index (κ2) is 3.98. The zero-order valence-corrected chi connectivity index (χ0v) is 7.13. The Morgan fingerprint density at radius 2 is 1.75 bits per heavy atom. The minimum absolute atomic E-state index is 0.154. The fraction of sp³-hybridized carbons (Fsp3) is 0.